The predicted octanol–water partition coefficient (Wildman–Crippen LogP) is 3.44. The highest BCUT2D eigenvalue weighted by molar-refractivity contribution is 5.49. The monoisotopic (exact) mass is 264 g/mol. The van der Waals surface area contributed by atoms with Crippen molar-refractivity contribution in [1.82, 2.24) is 4.90 Å². The summed E-state index contributed by atoms with van der Waals surface area (Å²) in [5.41, 5.74) is 1.75. The lowest BCUT2D eigenvalue weighted by molar-refractivity contribution is 0.186. The van der Waals surface area contributed by atoms with Gasteiger partial charge in [0.05, 0.1) is 5.69 Å². The van der Waals surface area contributed by atoms with Gasteiger partial charge in [0.2, 0.25) is 0 Å². The molecule has 19 heavy (non-hydrogen) atoms. The molecule has 1 aromatic carbocycles. The maximum Gasteiger partial charge on any atom is 0.146 e. The Hall–Kier alpha value is -1.09. The Labute approximate surface area is 116 Å². The van der Waals surface area contributed by atoms with E-state index in [0.717, 1.165) is 50.3 Å². The van der Waals surface area contributed by atoms with Gasteiger partial charge in [-0.05, 0) is 50.6 Å². The zero-order valence-corrected chi connectivity index (χ0v) is 12.3. The maximum atomic E-state index is 14.0. The van der Waals surface area contributed by atoms with Gasteiger partial charge in [0.25, 0.3) is 0 Å². The minimum absolute atomic E-state index is 0.0821. The molecular weight excluding hydrogens is 239 g/mol. The molecule has 1 aromatic rings. The molecule has 0 amide bonds. The van der Waals surface area contributed by atoms with Crippen LogP contribution < -0.4 is 4.90 Å². The zero-order valence-electron chi connectivity index (χ0n) is 12.3. The summed E-state index contributed by atoms with van der Waals surface area (Å²) in [5.74, 6) is -0.0821. The lowest BCUT2D eigenvalue weighted by atomic mass is 10.0. The van der Waals surface area contributed by atoms with Gasteiger partial charge in [-0.2, -0.15) is 0 Å². The van der Waals surface area contributed by atoms with Crippen molar-refractivity contribution in [3.63, 3.8) is 0 Å². The Morgan fingerprint density at radius 1 is 1.21 bits per heavy atom. The molecule has 0 radical (unpaired) electrons. The van der Waals surface area contributed by atoms with Crippen LogP contribution in [0.5, 0.6) is 0 Å². The molecule has 1 heterocycles. The van der Waals surface area contributed by atoms with Crippen LogP contribution >= 0.6 is 0 Å². The number of rotatable bonds is 4. The van der Waals surface area contributed by atoms with Crippen LogP contribution in [0.4, 0.5) is 10.1 Å². The van der Waals surface area contributed by atoms with Gasteiger partial charge in [-0.3, -0.25) is 0 Å². The summed E-state index contributed by atoms with van der Waals surface area (Å²) in [4.78, 5) is 4.71. The summed E-state index contributed by atoms with van der Waals surface area (Å²) < 4.78 is 14.0. The molecule has 2 rings (SSSR count). The second kappa shape index (κ2) is 6.38. The second-order valence-corrected chi connectivity index (χ2v) is 5.39. The molecule has 0 N–H and O–H groups in total. The van der Waals surface area contributed by atoms with Crippen molar-refractivity contribution in [3.05, 3.63) is 29.6 Å². The maximum absolute atomic E-state index is 14.0. The molecule has 2 nitrogen and oxygen atoms in total. The minimum Gasteiger partial charge on any atom is -0.369 e. The number of benzene rings is 1. The van der Waals surface area contributed by atoms with Gasteiger partial charge < -0.3 is 9.80 Å². The first-order valence-electron chi connectivity index (χ1n) is 7.40. The lowest BCUT2D eigenvalue weighted by Gasteiger charge is -2.38. The predicted molar refractivity (Wildman–Crippen MR) is 79.3 cm³/mol. The Balaban J connectivity index is 1.99. The standard InChI is InChI=1S/C16H25FN2/c1-4-18(5-2)14-8-10-19(11-9-14)16-7-6-13(3)12-15(16)17/h6-7,12,14H,4-5,8-11H2,1-3H3. The fourth-order valence-electron chi connectivity index (χ4n) is 3.08. The van der Waals surface area contributed by atoms with Gasteiger partial charge >= 0.3 is 0 Å². The third-order valence-electron chi connectivity index (χ3n) is 4.24. The van der Waals surface area contributed by atoms with E-state index >= 15 is 0 Å². The van der Waals surface area contributed by atoms with E-state index < -0.39 is 0 Å². The molecule has 0 saturated carbocycles. The minimum atomic E-state index is -0.0821. The van der Waals surface area contributed by atoms with Crippen LogP contribution in [0.1, 0.15) is 32.3 Å². The fraction of sp³-hybridized carbons (Fsp3) is 0.625. The third-order valence-corrected chi connectivity index (χ3v) is 4.24. The summed E-state index contributed by atoms with van der Waals surface area (Å²) >= 11 is 0. The van der Waals surface area contributed by atoms with Crippen molar-refractivity contribution in [1.29, 1.82) is 0 Å². The molecule has 0 atom stereocenters. The number of piperidine rings is 1. The second-order valence-electron chi connectivity index (χ2n) is 5.39. The number of hydrogen-bond donors (Lipinski definition) is 0. The van der Waals surface area contributed by atoms with Crippen LogP contribution in [0.25, 0.3) is 0 Å². The quantitative estimate of drug-likeness (QED) is 0.822. The fourth-order valence-corrected chi connectivity index (χ4v) is 3.08. The Bertz CT molecular complexity index is 407. The Morgan fingerprint density at radius 3 is 2.37 bits per heavy atom. The van der Waals surface area contributed by atoms with E-state index in [9.17, 15) is 4.39 Å². The Morgan fingerprint density at radius 2 is 1.84 bits per heavy atom. The first kappa shape index (κ1) is 14.3. The molecular formula is C16H25FN2. The number of aryl methyl sites for hydroxylation is 1. The van der Waals surface area contributed by atoms with E-state index in [0.29, 0.717) is 6.04 Å². The SMILES string of the molecule is CCN(CC)C1CCN(c2ccc(C)cc2F)CC1. The average molecular weight is 264 g/mol. The molecule has 1 saturated heterocycles. The largest absolute Gasteiger partial charge is 0.369 e. The van der Waals surface area contributed by atoms with Crippen molar-refractivity contribution < 1.29 is 4.39 Å². The van der Waals surface area contributed by atoms with Gasteiger partial charge in [0.1, 0.15) is 5.82 Å². The lowest BCUT2D eigenvalue weighted by Crippen LogP contribution is -2.45. The summed E-state index contributed by atoms with van der Waals surface area (Å²) in [6.07, 6.45) is 2.27. The number of nitrogens with zero attached hydrogens (tertiary/aromatic N) is 2. The molecule has 0 spiro atoms. The topological polar surface area (TPSA) is 6.48 Å². The molecule has 3 heteroatoms. The van der Waals surface area contributed by atoms with Crippen LogP contribution in [0.15, 0.2) is 18.2 Å². The average Bonchev–Trinajstić information content (AvgIpc) is 2.41. The molecule has 106 valence electrons. The van der Waals surface area contributed by atoms with Crippen molar-refractivity contribution >= 4 is 5.69 Å². The summed E-state index contributed by atoms with van der Waals surface area (Å²) in [6, 6.07) is 6.21. The summed E-state index contributed by atoms with van der Waals surface area (Å²) in [7, 11) is 0. The van der Waals surface area contributed by atoms with E-state index in [-0.39, 0.29) is 5.82 Å². The number of halogens is 1. The molecule has 0 bridgehead atoms. The van der Waals surface area contributed by atoms with E-state index in [1.54, 1.807) is 6.07 Å². The van der Waals surface area contributed by atoms with Gasteiger partial charge in [-0.1, -0.05) is 19.9 Å². The molecule has 1 fully saturated rings. The smallest absolute Gasteiger partial charge is 0.146 e. The summed E-state index contributed by atoms with van der Waals surface area (Å²) in [5, 5.41) is 0. The van der Waals surface area contributed by atoms with Gasteiger partial charge in [-0.15, -0.1) is 0 Å². The highest BCUT2D eigenvalue weighted by Crippen LogP contribution is 2.25. The van der Waals surface area contributed by atoms with Crippen molar-refractivity contribution in [2.45, 2.75) is 39.7 Å². The van der Waals surface area contributed by atoms with Crippen molar-refractivity contribution in [2.24, 2.45) is 0 Å². The zero-order chi connectivity index (χ0) is 13.8. The molecule has 1 aliphatic rings. The van der Waals surface area contributed by atoms with E-state index in [4.69, 9.17) is 0 Å². The highest BCUT2D eigenvalue weighted by atomic mass is 19.1. The Kier molecular flexibility index (Phi) is 4.81. The normalized spacial score (nSPS) is 17.2. The molecule has 0 aliphatic carbocycles. The van der Waals surface area contributed by atoms with Crippen molar-refractivity contribution in [3.8, 4) is 0 Å². The van der Waals surface area contributed by atoms with Crippen LogP contribution in [0, 0.1) is 12.7 Å². The van der Waals surface area contributed by atoms with Crippen LogP contribution in [0.3, 0.4) is 0 Å². The number of hydrogen-bond acceptors (Lipinski definition) is 2. The third kappa shape index (κ3) is 3.27. The molecule has 1 aliphatic heterocycles. The van der Waals surface area contributed by atoms with Gasteiger partial charge in [0.15, 0.2) is 0 Å². The first-order chi connectivity index (χ1) is 9.15. The van der Waals surface area contributed by atoms with E-state index in [2.05, 4.69) is 23.6 Å². The molecule has 0 aromatic heterocycles. The van der Waals surface area contributed by atoms with Crippen molar-refractivity contribution in [2.75, 3.05) is 31.1 Å². The van der Waals surface area contributed by atoms with E-state index in [1.807, 2.05) is 19.1 Å². The van der Waals surface area contributed by atoms with Crippen LogP contribution in [0.2, 0.25) is 0 Å². The first-order valence-corrected chi connectivity index (χ1v) is 7.40. The van der Waals surface area contributed by atoms with Crippen LogP contribution in [-0.2, 0) is 0 Å². The molecule has 0 unspecified atom stereocenters. The highest BCUT2D eigenvalue weighted by Gasteiger charge is 2.24. The van der Waals surface area contributed by atoms with Crippen LogP contribution in [-0.4, -0.2) is 37.1 Å². The van der Waals surface area contributed by atoms with Gasteiger partial charge in [0, 0.05) is 19.1 Å². The number of anilines is 1. The summed E-state index contributed by atoms with van der Waals surface area (Å²) in [6.45, 7) is 10.5. The van der Waals surface area contributed by atoms with Gasteiger partial charge in [-0.25, -0.2) is 4.39 Å². The van der Waals surface area contributed by atoms with E-state index in [1.165, 1.54) is 0 Å².